The van der Waals surface area contributed by atoms with Crippen LogP contribution in [0.4, 0.5) is 0 Å². The molecule has 104 valence electrons. The van der Waals surface area contributed by atoms with Crippen molar-refractivity contribution in [3.8, 4) is 0 Å². The molecule has 0 unspecified atom stereocenters. The van der Waals surface area contributed by atoms with Gasteiger partial charge in [0.15, 0.2) is 0 Å². The zero-order valence-electron chi connectivity index (χ0n) is 12.4. The summed E-state index contributed by atoms with van der Waals surface area (Å²) in [5.74, 6) is 0.432. The van der Waals surface area contributed by atoms with E-state index in [1.807, 2.05) is 0 Å². The molecule has 0 spiro atoms. The molecule has 0 radical (unpaired) electrons. The molecular weight excluding hydrogens is 327 g/mol. The molecule has 0 fully saturated rings. The van der Waals surface area contributed by atoms with Gasteiger partial charge in [0, 0.05) is 25.7 Å². The molecule has 0 aromatic carbocycles. The topological polar surface area (TPSA) is 17.1 Å². The molecule has 4 heteroatoms. The molecule has 17 heavy (non-hydrogen) atoms. The summed E-state index contributed by atoms with van der Waals surface area (Å²) >= 11 is 0. The van der Waals surface area contributed by atoms with Gasteiger partial charge in [0.25, 0.3) is 0 Å². The van der Waals surface area contributed by atoms with E-state index in [9.17, 15) is 4.79 Å². The van der Waals surface area contributed by atoms with Crippen molar-refractivity contribution in [2.24, 2.45) is 0 Å². The van der Waals surface area contributed by atoms with Gasteiger partial charge in [-0.15, -0.1) is 0 Å². The van der Waals surface area contributed by atoms with Crippen LogP contribution in [0.15, 0.2) is 0 Å². The van der Waals surface area contributed by atoms with Gasteiger partial charge in [0.05, 0.1) is 55.4 Å². The van der Waals surface area contributed by atoms with Gasteiger partial charge in [-0.2, -0.15) is 0 Å². The maximum absolute atomic E-state index is 11.6. The number of Topliss-reactive ketones (excluding diaryl/α,β-unsaturated/α-hetero) is 1. The predicted molar refractivity (Wildman–Crippen MR) is 69.3 cm³/mol. The molecule has 0 aliphatic rings. The SMILES string of the molecule is C[N+](C)(C)CCCC(=O)CCC[N+](C)(C)C.[I-]. The lowest BCUT2D eigenvalue weighted by Gasteiger charge is -2.24. The summed E-state index contributed by atoms with van der Waals surface area (Å²) in [5, 5.41) is 0. The number of hydrogen-bond acceptors (Lipinski definition) is 1. The Bertz CT molecular complexity index is 194. The average Bonchev–Trinajstić information content (AvgIpc) is 1.98. The third kappa shape index (κ3) is 16.3. The molecule has 0 aliphatic carbocycles. The molecular formula is C13H30IN2O+. The van der Waals surface area contributed by atoms with Crippen LogP contribution in [0.3, 0.4) is 0 Å². The Morgan fingerprint density at radius 3 is 1.29 bits per heavy atom. The van der Waals surface area contributed by atoms with E-state index in [0.29, 0.717) is 5.78 Å². The second kappa shape index (κ2) is 8.43. The van der Waals surface area contributed by atoms with Gasteiger partial charge in [0.2, 0.25) is 0 Å². The van der Waals surface area contributed by atoms with E-state index in [0.717, 1.165) is 47.7 Å². The van der Waals surface area contributed by atoms with E-state index in [2.05, 4.69) is 42.3 Å². The second-order valence-electron chi connectivity index (χ2n) is 6.77. The highest BCUT2D eigenvalue weighted by molar-refractivity contribution is 5.78. The van der Waals surface area contributed by atoms with E-state index in [1.165, 1.54) is 0 Å². The van der Waals surface area contributed by atoms with Gasteiger partial charge in [-0.3, -0.25) is 4.79 Å². The number of nitrogens with zero attached hydrogens (tertiary/aromatic N) is 2. The number of halogens is 1. The molecule has 0 saturated carbocycles. The van der Waals surface area contributed by atoms with Crippen LogP contribution in [0.1, 0.15) is 25.7 Å². The molecule has 0 aromatic rings. The van der Waals surface area contributed by atoms with Crippen LogP contribution in [-0.4, -0.2) is 70.1 Å². The number of carbonyl (C=O) groups excluding carboxylic acids is 1. The van der Waals surface area contributed by atoms with E-state index >= 15 is 0 Å². The van der Waals surface area contributed by atoms with Crippen molar-refractivity contribution in [2.75, 3.05) is 55.4 Å². The van der Waals surface area contributed by atoms with Crippen LogP contribution in [0.25, 0.3) is 0 Å². The number of carbonyl (C=O) groups is 1. The van der Waals surface area contributed by atoms with Gasteiger partial charge < -0.3 is 32.9 Å². The summed E-state index contributed by atoms with van der Waals surface area (Å²) < 4.78 is 1.90. The van der Waals surface area contributed by atoms with Crippen LogP contribution in [0.2, 0.25) is 0 Å². The van der Waals surface area contributed by atoms with Gasteiger partial charge in [0.1, 0.15) is 5.78 Å². The van der Waals surface area contributed by atoms with Crippen molar-refractivity contribution in [2.45, 2.75) is 25.7 Å². The zero-order chi connectivity index (χ0) is 12.8. The first-order valence-electron chi connectivity index (χ1n) is 6.23. The minimum atomic E-state index is 0. The highest BCUT2D eigenvalue weighted by atomic mass is 127. The Morgan fingerprint density at radius 1 is 0.765 bits per heavy atom. The average molecular weight is 357 g/mol. The summed E-state index contributed by atoms with van der Waals surface area (Å²) in [6.07, 6.45) is 3.55. The zero-order valence-corrected chi connectivity index (χ0v) is 14.6. The fraction of sp³-hybridized carbons (Fsp3) is 0.923. The number of ketones is 1. The Morgan fingerprint density at radius 2 is 1.06 bits per heavy atom. The fourth-order valence-electron chi connectivity index (χ4n) is 1.63. The number of hydrogen-bond donors (Lipinski definition) is 0. The highest BCUT2D eigenvalue weighted by Crippen LogP contribution is 2.04. The van der Waals surface area contributed by atoms with Gasteiger partial charge in [-0.25, -0.2) is 0 Å². The first kappa shape index (κ1) is 19.7. The summed E-state index contributed by atoms with van der Waals surface area (Å²) in [6, 6.07) is 0. The quantitative estimate of drug-likeness (QED) is 0.383. The highest BCUT2D eigenvalue weighted by Gasteiger charge is 2.11. The van der Waals surface area contributed by atoms with Crippen LogP contribution < -0.4 is 24.0 Å². The standard InChI is InChI=1S/C13H30N2O.HI/c1-14(2,3)11-7-9-13(16)10-8-12-15(4,5)6;/h7-12H2,1-6H3;1H/q+2;/p-1. The molecule has 0 saturated heterocycles. The smallest absolute Gasteiger partial charge is 0.133 e. The van der Waals surface area contributed by atoms with Gasteiger partial charge >= 0.3 is 0 Å². The summed E-state index contributed by atoms with van der Waals surface area (Å²) in [7, 11) is 13.0. The van der Waals surface area contributed by atoms with E-state index in [-0.39, 0.29) is 24.0 Å². The number of rotatable bonds is 8. The van der Waals surface area contributed by atoms with E-state index in [1.54, 1.807) is 0 Å². The molecule has 0 heterocycles. The maximum atomic E-state index is 11.6. The van der Waals surface area contributed by atoms with Crippen molar-refractivity contribution in [1.82, 2.24) is 0 Å². The van der Waals surface area contributed by atoms with Gasteiger partial charge in [-0.1, -0.05) is 0 Å². The second-order valence-corrected chi connectivity index (χ2v) is 6.77. The van der Waals surface area contributed by atoms with Crippen LogP contribution >= 0.6 is 0 Å². The third-order valence-electron chi connectivity index (χ3n) is 2.57. The van der Waals surface area contributed by atoms with E-state index < -0.39 is 0 Å². The number of quaternary nitrogens is 2. The third-order valence-corrected chi connectivity index (χ3v) is 2.57. The summed E-state index contributed by atoms with van der Waals surface area (Å²) in [5.41, 5.74) is 0. The Balaban J connectivity index is 0. The molecule has 3 nitrogen and oxygen atoms in total. The van der Waals surface area contributed by atoms with E-state index in [4.69, 9.17) is 0 Å². The van der Waals surface area contributed by atoms with Gasteiger partial charge in [-0.05, 0) is 0 Å². The molecule has 0 aliphatic heterocycles. The van der Waals surface area contributed by atoms with Crippen LogP contribution in [-0.2, 0) is 4.79 Å². The predicted octanol–water partition coefficient (Wildman–Crippen LogP) is -1.47. The Labute approximate surface area is 124 Å². The largest absolute Gasteiger partial charge is 1.00 e. The Kier molecular flexibility index (Phi) is 9.74. The van der Waals surface area contributed by atoms with Crippen molar-refractivity contribution < 1.29 is 37.7 Å². The lowest BCUT2D eigenvalue weighted by Crippen LogP contribution is -3.00. The normalized spacial score (nSPS) is 12.1. The molecule has 0 bridgehead atoms. The molecule has 0 aromatic heterocycles. The molecule has 0 rings (SSSR count). The first-order chi connectivity index (χ1) is 7.10. The lowest BCUT2D eigenvalue weighted by atomic mass is 10.1. The van der Waals surface area contributed by atoms with Crippen molar-refractivity contribution in [1.29, 1.82) is 0 Å². The molecule has 0 amide bonds. The monoisotopic (exact) mass is 357 g/mol. The minimum absolute atomic E-state index is 0. The van der Waals surface area contributed by atoms with Crippen molar-refractivity contribution in [3.05, 3.63) is 0 Å². The van der Waals surface area contributed by atoms with Crippen molar-refractivity contribution >= 4 is 5.78 Å². The lowest BCUT2D eigenvalue weighted by molar-refractivity contribution is -0.870. The first-order valence-corrected chi connectivity index (χ1v) is 6.23. The summed E-state index contributed by atoms with van der Waals surface area (Å²) in [6.45, 7) is 2.17. The minimum Gasteiger partial charge on any atom is -1.00 e. The molecule has 0 atom stereocenters. The van der Waals surface area contributed by atoms with Crippen molar-refractivity contribution in [3.63, 3.8) is 0 Å². The molecule has 0 N–H and O–H groups in total. The maximum Gasteiger partial charge on any atom is 0.133 e. The Hall–Kier alpha value is 0.320. The summed E-state index contributed by atoms with van der Waals surface area (Å²) in [4.78, 5) is 11.6. The van der Waals surface area contributed by atoms with Crippen LogP contribution in [0.5, 0.6) is 0 Å². The van der Waals surface area contributed by atoms with Crippen LogP contribution in [0, 0.1) is 0 Å². The fourth-order valence-corrected chi connectivity index (χ4v) is 1.63.